The minimum Gasteiger partial charge on any atom is -0.423 e. The molecule has 0 N–H and O–H groups in total. The van der Waals surface area contributed by atoms with Crippen LogP contribution in [0.15, 0.2) is 23.5 Å². The number of allylic oxidation sites excluding steroid dienone is 1. The average molecular weight is 182 g/mol. The van der Waals surface area contributed by atoms with Crippen LogP contribution in [0.25, 0.3) is 0 Å². The fourth-order valence-electron chi connectivity index (χ4n) is 1.51. The van der Waals surface area contributed by atoms with Gasteiger partial charge in [-0.05, 0) is 19.3 Å². The first kappa shape index (κ1) is 9.99. The predicted octanol–water partition coefficient (Wildman–Crippen LogP) is 1.80. The fraction of sp³-hybridized carbons (Fsp3) is 0.500. The maximum atomic E-state index is 10.9. The normalized spacial score (nSPS) is 19.5. The second-order valence-electron chi connectivity index (χ2n) is 3.03. The second-order valence-corrected chi connectivity index (χ2v) is 3.03. The molecule has 0 aromatic heterocycles. The lowest BCUT2D eigenvalue weighted by molar-refractivity contribution is -0.133. The summed E-state index contributed by atoms with van der Waals surface area (Å²) in [7, 11) is 3.25. The maximum Gasteiger partial charge on any atom is 0.339 e. The number of carbonyl (C=O) groups is 1. The molecule has 3 nitrogen and oxygen atoms in total. The molecule has 0 spiro atoms. The summed E-state index contributed by atoms with van der Waals surface area (Å²) in [5.41, 5.74) is 1.93. The van der Waals surface area contributed by atoms with Gasteiger partial charge in [0, 0.05) is 25.4 Å². The Morgan fingerprint density at radius 3 is 2.38 bits per heavy atom. The second kappa shape index (κ2) is 4.23. The van der Waals surface area contributed by atoms with E-state index in [1.54, 1.807) is 14.2 Å². The van der Waals surface area contributed by atoms with E-state index >= 15 is 0 Å². The fourth-order valence-corrected chi connectivity index (χ4v) is 1.51. The highest BCUT2D eigenvalue weighted by atomic mass is 16.5. The lowest BCUT2D eigenvalue weighted by atomic mass is 10.2. The van der Waals surface area contributed by atoms with E-state index in [0.29, 0.717) is 5.76 Å². The van der Waals surface area contributed by atoms with Crippen LogP contribution in [0.2, 0.25) is 0 Å². The molecule has 2 rings (SSSR count). The Morgan fingerprint density at radius 1 is 1.31 bits per heavy atom. The van der Waals surface area contributed by atoms with E-state index < -0.39 is 0 Å². The molecule has 0 bridgehead atoms. The van der Waals surface area contributed by atoms with Crippen LogP contribution >= 0.6 is 0 Å². The molecule has 0 amide bonds. The van der Waals surface area contributed by atoms with Gasteiger partial charge in [-0.3, -0.25) is 0 Å². The Hall–Kier alpha value is -1.09. The van der Waals surface area contributed by atoms with Crippen molar-refractivity contribution < 1.29 is 14.3 Å². The van der Waals surface area contributed by atoms with Crippen LogP contribution < -0.4 is 0 Å². The first-order valence-electron chi connectivity index (χ1n) is 4.24. The van der Waals surface area contributed by atoms with E-state index in [4.69, 9.17) is 4.74 Å². The van der Waals surface area contributed by atoms with E-state index in [9.17, 15) is 4.79 Å². The van der Waals surface area contributed by atoms with Crippen molar-refractivity contribution in [2.24, 2.45) is 0 Å². The summed E-state index contributed by atoms with van der Waals surface area (Å²) in [5, 5.41) is 0. The molecule has 13 heavy (non-hydrogen) atoms. The lowest BCUT2D eigenvalue weighted by Crippen LogP contribution is -1.97. The molecule has 3 heteroatoms. The van der Waals surface area contributed by atoms with Crippen LogP contribution in [0, 0.1) is 0 Å². The standard InChI is InChI=1S/C8H8O2.C2H6O/c1-5-6-3-2-4-7(6)8(9)10-5;1-3-2/h1-4H2;1-2H3. The Labute approximate surface area is 78.0 Å². The third-order valence-corrected chi connectivity index (χ3v) is 2.02. The molecule has 72 valence electrons. The summed E-state index contributed by atoms with van der Waals surface area (Å²) < 4.78 is 9.07. The molecule has 0 aromatic carbocycles. The Bertz CT molecular complexity index is 239. The van der Waals surface area contributed by atoms with Crippen molar-refractivity contribution >= 4 is 5.97 Å². The predicted molar refractivity (Wildman–Crippen MR) is 49.0 cm³/mol. The number of cyclic esters (lactones) is 1. The van der Waals surface area contributed by atoms with E-state index in [-0.39, 0.29) is 5.97 Å². The van der Waals surface area contributed by atoms with Gasteiger partial charge in [0.05, 0.1) is 0 Å². The molecule has 0 fully saturated rings. The molecule has 0 saturated carbocycles. The van der Waals surface area contributed by atoms with E-state index in [2.05, 4.69) is 11.3 Å². The van der Waals surface area contributed by atoms with Gasteiger partial charge in [0.2, 0.25) is 0 Å². The Morgan fingerprint density at radius 2 is 1.85 bits per heavy atom. The summed E-state index contributed by atoms with van der Waals surface area (Å²) in [6.07, 6.45) is 2.94. The van der Waals surface area contributed by atoms with Crippen LogP contribution in [-0.4, -0.2) is 20.2 Å². The third kappa shape index (κ3) is 1.98. The molecular weight excluding hydrogens is 168 g/mol. The molecule has 1 aliphatic carbocycles. The van der Waals surface area contributed by atoms with Gasteiger partial charge in [0.1, 0.15) is 5.76 Å². The monoisotopic (exact) mass is 182 g/mol. The largest absolute Gasteiger partial charge is 0.423 e. The quantitative estimate of drug-likeness (QED) is 0.536. The SMILES string of the molecule is C=C1OC(=O)C2=C1CCC2.COC. The minimum atomic E-state index is -0.169. The molecule has 1 aliphatic heterocycles. The summed E-state index contributed by atoms with van der Waals surface area (Å²) in [6, 6.07) is 0. The first-order chi connectivity index (χ1) is 6.20. The zero-order valence-electron chi connectivity index (χ0n) is 8.05. The summed E-state index contributed by atoms with van der Waals surface area (Å²) in [5.74, 6) is 0.412. The average Bonchev–Trinajstić information content (AvgIpc) is 2.60. The van der Waals surface area contributed by atoms with Crippen LogP contribution in [0.5, 0.6) is 0 Å². The number of carbonyl (C=O) groups excluding carboxylic acids is 1. The maximum absolute atomic E-state index is 10.9. The van der Waals surface area contributed by atoms with Gasteiger partial charge < -0.3 is 9.47 Å². The Balaban J connectivity index is 0.000000251. The van der Waals surface area contributed by atoms with Gasteiger partial charge in [0.15, 0.2) is 0 Å². The summed E-state index contributed by atoms with van der Waals surface area (Å²) in [6.45, 7) is 3.65. The minimum absolute atomic E-state index is 0.169. The van der Waals surface area contributed by atoms with Gasteiger partial charge in [-0.1, -0.05) is 6.58 Å². The molecule has 0 atom stereocenters. The number of ether oxygens (including phenoxy) is 2. The van der Waals surface area contributed by atoms with Crippen molar-refractivity contribution in [3.8, 4) is 0 Å². The highest BCUT2D eigenvalue weighted by Gasteiger charge is 2.31. The molecular formula is C10H14O3. The van der Waals surface area contributed by atoms with Gasteiger partial charge in [-0.25, -0.2) is 4.79 Å². The highest BCUT2D eigenvalue weighted by molar-refractivity contribution is 5.95. The van der Waals surface area contributed by atoms with Crippen LogP contribution in [-0.2, 0) is 14.3 Å². The molecule has 0 aromatic rings. The topological polar surface area (TPSA) is 35.5 Å². The highest BCUT2D eigenvalue weighted by Crippen LogP contribution is 2.37. The molecule has 1 heterocycles. The smallest absolute Gasteiger partial charge is 0.339 e. The zero-order chi connectivity index (χ0) is 9.84. The molecule has 0 saturated heterocycles. The van der Waals surface area contributed by atoms with Crippen LogP contribution in [0.1, 0.15) is 19.3 Å². The number of hydrogen-bond donors (Lipinski definition) is 0. The van der Waals surface area contributed by atoms with E-state index in [0.717, 1.165) is 30.4 Å². The van der Waals surface area contributed by atoms with Crippen molar-refractivity contribution in [1.82, 2.24) is 0 Å². The van der Waals surface area contributed by atoms with Crippen molar-refractivity contribution in [2.75, 3.05) is 14.2 Å². The molecule has 2 aliphatic rings. The van der Waals surface area contributed by atoms with Crippen LogP contribution in [0.4, 0.5) is 0 Å². The van der Waals surface area contributed by atoms with Gasteiger partial charge >= 0.3 is 5.97 Å². The summed E-state index contributed by atoms with van der Waals surface area (Å²) >= 11 is 0. The van der Waals surface area contributed by atoms with Crippen molar-refractivity contribution in [2.45, 2.75) is 19.3 Å². The van der Waals surface area contributed by atoms with Crippen LogP contribution in [0.3, 0.4) is 0 Å². The molecule has 0 radical (unpaired) electrons. The number of methoxy groups -OCH3 is 1. The van der Waals surface area contributed by atoms with Gasteiger partial charge in [0.25, 0.3) is 0 Å². The third-order valence-electron chi connectivity index (χ3n) is 2.02. The van der Waals surface area contributed by atoms with Gasteiger partial charge in [-0.2, -0.15) is 0 Å². The van der Waals surface area contributed by atoms with E-state index in [1.807, 2.05) is 0 Å². The van der Waals surface area contributed by atoms with Crippen molar-refractivity contribution in [3.63, 3.8) is 0 Å². The first-order valence-corrected chi connectivity index (χ1v) is 4.24. The zero-order valence-corrected chi connectivity index (χ0v) is 8.05. The van der Waals surface area contributed by atoms with E-state index in [1.165, 1.54) is 0 Å². The van der Waals surface area contributed by atoms with Crippen molar-refractivity contribution in [1.29, 1.82) is 0 Å². The van der Waals surface area contributed by atoms with Crippen molar-refractivity contribution in [3.05, 3.63) is 23.5 Å². The number of rotatable bonds is 0. The molecule has 0 unspecified atom stereocenters. The number of hydrogen-bond acceptors (Lipinski definition) is 3. The summed E-state index contributed by atoms with van der Waals surface area (Å²) in [4.78, 5) is 10.9. The van der Waals surface area contributed by atoms with Gasteiger partial charge in [-0.15, -0.1) is 0 Å². The Kier molecular flexibility index (Phi) is 3.25. The lowest BCUT2D eigenvalue weighted by Gasteiger charge is -1.97. The number of esters is 1.